The molecule has 0 radical (unpaired) electrons. The SMILES string of the molecule is CC(C)c1cccc(-c2cncc(O)c2)c1. The predicted octanol–water partition coefficient (Wildman–Crippen LogP) is 3.58. The largest absolute Gasteiger partial charge is 0.506 e. The first-order valence-corrected chi connectivity index (χ1v) is 5.41. The Morgan fingerprint density at radius 1 is 1.06 bits per heavy atom. The molecule has 2 heteroatoms. The second-order valence-electron chi connectivity index (χ2n) is 4.21. The molecule has 0 atom stereocenters. The minimum absolute atomic E-state index is 0.201. The minimum atomic E-state index is 0.201. The van der Waals surface area contributed by atoms with Crippen LogP contribution >= 0.6 is 0 Å². The normalized spacial score (nSPS) is 10.7. The molecule has 0 aliphatic rings. The highest BCUT2D eigenvalue weighted by molar-refractivity contribution is 5.64. The minimum Gasteiger partial charge on any atom is -0.506 e. The van der Waals surface area contributed by atoms with Crippen molar-refractivity contribution in [3.05, 3.63) is 48.3 Å². The van der Waals surface area contributed by atoms with Crippen LogP contribution in [0.3, 0.4) is 0 Å². The molecule has 0 aliphatic heterocycles. The first-order valence-electron chi connectivity index (χ1n) is 5.41. The Labute approximate surface area is 95.6 Å². The Bertz CT molecular complexity index is 492. The van der Waals surface area contributed by atoms with Gasteiger partial charge < -0.3 is 5.11 Å². The van der Waals surface area contributed by atoms with E-state index in [2.05, 4.69) is 31.0 Å². The molecule has 1 heterocycles. The van der Waals surface area contributed by atoms with E-state index in [4.69, 9.17) is 0 Å². The third kappa shape index (κ3) is 2.22. The lowest BCUT2D eigenvalue weighted by molar-refractivity contribution is 0.473. The van der Waals surface area contributed by atoms with Gasteiger partial charge in [-0.15, -0.1) is 0 Å². The maximum atomic E-state index is 9.39. The van der Waals surface area contributed by atoms with Crippen molar-refractivity contribution in [3.8, 4) is 16.9 Å². The van der Waals surface area contributed by atoms with Crippen LogP contribution < -0.4 is 0 Å². The lowest BCUT2D eigenvalue weighted by Crippen LogP contribution is -1.88. The molecule has 0 saturated heterocycles. The lowest BCUT2D eigenvalue weighted by atomic mass is 9.98. The fraction of sp³-hybridized carbons (Fsp3) is 0.214. The Balaban J connectivity index is 2.44. The van der Waals surface area contributed by atoms with E-state index in [9.17, 15) is 5.11 Å². The molecule has 2 rings (SSSR count). The molecule has 0 bridgehead atoms. The van der Waals surface area contributed by atoms with E-state index in [0.29, 0.717) is 5.92 Å². The van der Waals surface area contributed by atoms with Gasteiger partial charge in [0.1, 0.15) is 5.75 Å². The van der Waals surface area contributed by atoms with Gasteiger partial charge in [0.05, 0.1) is 6.20 Å². The van der Waals surface area contributed by atoms with Crippen LogP contribution in [-0.2, 0) is 0 Å². The zero-order valence-electron chi connectivity index (χ0n) is 9.51. The first-order chi connectivity index (χ1) is 7.66. The second kappa shape index (κ2) is 4.35. The summed E-state index contributed by atoms with van der Waals surface area (Å²) >= 11 is 0. The topological polar surface area (TPSA) is 33.1 Å². The van der Waals surface area contributed by atoms with Crippen LogP contribution in [0.2, 0.25) is 0 Å². The van der Waals surface area contributed by atoms with Crippen molar-refractivity contribution in [2.75, 3.05) is 0 Å². The molecule has 1 aromatic carbocycles. The second-order valence-corrected chi connectivity index (χ2v) is 4.21. The quantitative estimate of drug-likeness (QED) is 0.827. The van der Waals surface area contributed by atoms with Gasteiger partial charge in [-0.3, -0.25) is 4.98 Å². The number of nitrogens with zero attached hydrogens (tertiary/aromatic N) is 1. The van der Waals surface area contributed by atoms with E-state index < -0.39 is 0 Å². The van der Waals surface area contributed by atoms with Crippen molar-refractivity contribution in [1.82, 2.24) is 4.98 Å². The van der Waals surface area contributed by atoms with Gasteiger partial charge >= 0.3 is 0 Å². The summed E-state index contributed by atoms with van der Waals surface area (Å²) in [6.45, 7) is 4.33. The highest BCUT2D eigenvalue weighted by Crippen LogP contribution is 2.25. The summed E-state index contributed by atoms with van der Waals surface area (Å²) in [4.78, 5) is 3.99. The molecular weight excluding hydrogens is 198 g/mol. The monoisotopic (exact) mass is 213 g/mol. The average Bonchev–Trinajstić information content (AvgIpc) is 2.29. The number of pyridine rings is 1. The van der Waals surface area contributed by atoms with Crippen LogP contribution in [0, 0.1) is 0 Å². The lowest BCUT2D eigenvalue weighted by Gasteiger charge is -2.08. The van der Waals surface area contributed by atoms with Gasteiger partial charge in [-0.2, -0.15) is 0 Å². The predicted molar refractivity (Wildman–Crippen MR) is 65.4 cm³/mol. The number of hydrogen-bond donors (Lipinski definition) is 1. The summed E-state index contributed by atoms with van der Waals surface area (Å²) < 4.78 is 0. The summed E-state index contributed by atoms with van der Waals surface area (Å²) in [5.74, 6) is 0.706. The number of aromatic hydroxyl groups is 1. The van der Waals surface area contributed by atoms with Crippen LogP contribution in [0.15, 0.2) is 42.7 Å². The van der Waals surface area contributed by atoms with Gasteiger partial charge in [0.15, 0.2) is 0 Å². The molecule has 1 N–H and O–H groups in total. The van der Waals surface area contributed by atoms with Crippen molar-refractivity contribution in [2.45, 2.75) is 19.8 Å². The van der Waals surface area contributed by atoms with Gasteiger partial charge in [0.2, 0.25) is 0 Å². The van der Waals surface area contributed by atoms with Gasteiger partial charge in [-0.25, -0.2) is 0 Å². The standard InChI is InChI=1S/C14H15NO/c1-10(2)11-4-3-5-12(6-11)13-7-14(16)9-15-8-13/h3-10,16H,1-2H3. The fourth-order valence-electron chi connectivity index (χ4n) is 1.66. The van der Waals surface area contributed by atoms with Crippen molar-refractivity contribution >= 4 is 0 Å². The molecule has 82 valence electrons. The van der Waals surface area contributed by atoms with E-state index in [1.54, 1.807) is 12.3 Å². The van der Waals surface area contributed by atoms with Gasteiger partial charge in [-0.1, -0.05) is 38.1 Å². The fourth-order valence-corrected chi connectivity index (χ4v) is 1.66. The number of hydrogen-bond acceptors (Lipinski definition) is 2. The molecule has 0 aliphatic carbocycles. The van der Waals surface area contributed by atoms with E-state index in [-0.39, 0.29) is 5.75 Å². The first kappa shape index (κ1) is 10.7. The Morgan fingerprint density at radius 2 is 1.88 bits per heavy atom. The third-order valence-corrected chi connectivity index (χ3v) is 2.61. The molecule has 2 aromatic rings. The summed E-state index contributed by atoms with van der Waals surface area (Å²) in [7, 11) is 0. The van der Waals surface area contributed by atoms with E-state index in [1.165, 1.54) is 11.8 Å². The molecule has 0 spiro atoms. The smallest absolute Gasteiger partial charge is 0.134 e. The Kier molecular flexibility index (Phi) is 2.91. The molecular formula is C14H15NO. The summed E-state index contributed by atoms with van der Waals surface area (Å²) in [5, 5.41) is 9.39. The Morgan fingerprint density at radius 3 is 2.56 bits per heavy atom. The molecule has 16 heavy (non-hydrogen) atoms. The molecule has 0 fully saturated rings. The summed E-state index contributed by atoms with van der Waals surface area (Å²) in [5.41, 5.74) is 3.33. The third-order valence-electron chi connectivity index (χ3n) is 2.61. The van der Waals surface area contributed by atoms with Crippen LogP contribution in [-0.4, -0.2) is 10.1 Å². The summed E-state index contributed by atoms with van der Waals surface area (Å²) in [6, 6.07) is 10.1. The highest BCUT2D eigenvalue weighted by atomic mass is 16.3. The van der Waals surface area contributed by atoms with Crippen LogP contribution in [0.5, 0.6) is 5.75 Å². The van der Waals surface area contributed by atoms with Gasteiger partial charge in [0.25, 0.3) is 0 Å². The number of rotatable bonds is 2. The van der Waals surface area contributed by atoms with E-state index in [1.807, 2.05) is 12.1 Å². The number of aromatic nitrogens is 1. The average molecular weight is 213 g/mol. The van der Waals surface area contributed by atoms with Gasteiger partial charge in [0, 0.05) is 11.8 Å². The molecule has 0 saturated carbocycles. The van der Waals surface area contributed by atoms with Crippen LogP contribution in [0.4, 0.5) is 0 Å². The van der Waals surface area contributed by atoms with Gasteiger partial charge in [-0.05, 0) is 23.1 Å². The van der Waals surface area contributed by atoms with Crippen molar-refractivity contribution in [1.29, 1.82) is 0 Å². The maximum Gasteiger partial charge on any atom is 0.134 e. The van der Waals surface area contributed by atoms with E-state index >= 15 is 0 Å². The zero-order chi connectivity index (χ0) is 11.5. The summed E-state index contributed by atoms with van der Waals surface area (Å²) in [6.07, 6.45) is 3.20. The number of benzene rings is 1. The molecule has 1 aromatic heterocycles. The highest BCUT2D eigenvalue weighted by Gasteiger charge is 2.03. The van der Waals surface area contributed by atoms with Crippen molar-refractivity contribution in [3.63, 3.8) is 0 Å². The Hall–Kier alpha value is -1.83. The maximum absolute atomic E-state index is 9.39. The molecule has 0 amide bonds. The van der Waals surface area contributed by atoms with Crippen LogP contribution in [0.1, 0.15) is 25.3 Å². The molecule has 2 nitrogen and oxygen atoms in total. The van der Waals surface area contributed by atoms with E-state index in [0.717, 1.165) is 11.1 Å². The molecule has 0 unspecified atom stereocenters. The zero-order valence-corrected chi connectivity index (χ0v) is 9.51. The van der Waals surface area contributed by atoms with Crippen molar-refractivity contribution in [2.24, 2.45) is 0 Å². The van der Waals surface area contributed by atoms with Crippen LogP contribution in [0.25, 0.3) is 11.1 Å². The van der Waals surface area contributed by atoms with Crippen molar-refractivity contribution < 1.29 is 5.11 Å².